The van der Waals surface area contributed by atoms with Gasteiger partial charge in [0.25, 0.3) is 11.8 Å². The lowest BCUT2D eigenvalue weighted by Crippen LogP contribution is -2.36. The number of amides is 2. The topological polar surface area (TPSA) is 59.1 Å². The summed E-state index contributed by atoms with van der Waals surface area (Å²) in [5, 5.41) is 0. The van der Waals surface area contributed by atoms with E-state index in [1.807, 2.05) is 56.1 Å². The van der Waals surface area contributed by atoms with Gasteiger partial charge in [-0.1, -0.05) is 50.2 Å². The van der Waals surface area contributed by atoms with Crippen LogP contribution in [0, 0.1) is 5.92 Å². The van der Waals surface area contributed by atoms with Crippen LogP contribution in [0.2, 0.25) is 0 Å². The van der Waals surface area contributed by atoms with E-state index in [2.05, 4.69) is 0 Å². The number of carbonyl (C=O) groups excluding carboxylic acids is 2. The second-order valence-corrected chi connectivity index (χ2v) is 7.75. The molecule has 0 unspecified atom stereocenters. The van der Waals surface area contributed by atoms with E-state index in [1.165, 1.54) is 4.90 Å². The number of hydrogen-bond acceptors (Lipinski definition) is 5. The third kappa shape index (κ3) is 4.17. The summed E-state index contributed by atoms with van der Waals surface area (Å²) in [6.45, 7) is 4.86. The number of rotatable bonds is 8. The molecule has 0 aliphatic carbocycles. The van der Waals surface area contributed by atoms with E-state index in [1.54, 1.807) is 32.4 Å². The molecule has 30 heavy (non-hydrogen) atoms. The average Bonchev–Trinajstić information content (AvgIpc) is 2.98. The highest BCUT2D eigenvalue weighted by Gasteiger charge is 2.41. The van der Waals surface area contributed by atoms with Gasteiger partial charge in [0.2, 0.25) is 0 Å². The third-order valence-electron chi connectivity index (χ3n) is 5.01. The molecule has 0 N–H and O–H groups in total. The van der Waals surface area contributed by atoms with Crippen molar-refractivity contribution in [2.45, 2.75) is 20.4 Å². The Kier molecular flexibility index (Phi) is 6.45. The first-order valence-corrected chi connectivity index (χ1v) is 9.95. The lowest BCUT2D eigenvalue weighted by molar-refractivity contribution is -0.138. The van der Waals surface area contributed by atoms with Gasteiger partial charge in [-0.3, -0.25) is 14.5 Å². The van der Waals surface area contributed by atoms with Crippen molar-refractivity contribution in [3.8, 4) is 11.5 Å². The van der Waals surface area contributed by atoms with Crippen molar-refractivity contribution < 1.29 is 19.1 Å². The number of carbonyl (C=O) groups is 2. The van der Waals surface area contributed by atoms with E-state index in [0.717, 1.165) is 5.56 Å². The Bertz CT molecular complexity index is 966. The van der Waals surface area contributed by atoms with Crippen LogP contribution >= 0.6 is 0 Å². The van der Waals surface area contributed by atoms with Crippen molar-refractivity contribution >= 4 is 17.4 Å². The minimum Gasteiger partial charge on any atom is -0.493 e. The molecule has 6 heteroatoms. The third-order valence-corrected chi connectivity index (χ3v) is 5.01. The summed E-state index contributed by atoms with van der Waals surface area (Å²) in [5.74, 6) is 0.697. The Morgan fingerprint density at radius 1 is 0.933 bits per heavy atom. The second-order valence-electron chi connectivity index (χ2n) is 7.75. The van der Waals surface area contributed by atoms with Gasteiger partial charge >= 0.3 is 0 Å². The van der Waals surface area contributed by atoms with Crippen molar-refractivity contribution in [3.05, 3.63) is 65.4 Å². The number of methoxy groups -OCH3 is 2. The number of hydrogen-bond donors (Lipinski definition) is 0. The summed E-state index contributed by atoms with van der Waals surface area (Å²) in [4.78, 5) is 29.8. The molecule has 0 saturated heterocycles. The molecule has 0 spiro atoms. The maximum absolute atomic E-state index is 13.3. The molecular formula is C24H28N2O4. The van der Waals surface area contributed by atoms with Gasteiger partial charge in [-0.25, -0.2) is 0 Å². The molecule has 2 aromatic rings. The van der Waals surface area contributed by atoms with E-state index in [9.17, 15) is 9.59 Å². The van der Waals surface area contributed by atoms with Gasteiger partial charge in [-0.05, 0) is 29.2 Å². The van der Waals surface area contributed by atoms with Crippen LogP contribution in [-0.4, -0.2) is 49.4 Å². The van der Waals surface area contributed by atoms with Gasteiger partial charge in [0.05, 0.1) is 19.8 Å². The van der Waals surface area contributed by atoms with E-state index < -0.39 is 0 Å². The average molecular weight is 408 g/mol. The van der Waals surface area contributed by atoms with E-state index in [0.29, 0.717) is 41.4 Å². The second kappa shape index (κ2) is 9.03. The quantitative estimate of drug-likeness (QED) is 0.625. The van der Waals surface area contributed by atoms with E-state index >= 15 is 0 Å². The molecule has 6 nitrogen and oxygen atoms in total. The molecule has 3 rings (SSSR count). The van der Waals surface area contributed by atoms with Gasteiger partial charge in [-0.2, -0.15) is 0 Å². The molecule has 0 saturated carbocycles. The fourth-order valence-corrected chi connectivity index (χ4v) is 3.64. The molecule has 0 radical (unpaired) electrons. The normalized spacial score (nSPS) is 14.0. The smallest absolute Gasteiger partial charge is 0.277 e. The number of nitrogens with zero attached hydrogens (tertiary/aromatic N) is 2. The Balaban J connectivity index is 2.08. The molecule has 0 atom stereocenters. The first-order chi connectivity index (χ1) is 14.4. The van der Waals surface area contributed by atoms with Crippen molar-refractivity contribution in [3.63, 3.8) is 0 Å². The van der Waals surface area contributed by atoms with Crippen molar-refractivity contribution in [1.29, 1.82) is 0 Å². The fraction of sp³-hybridized carbons (Fsp3) is 0.333. The highest BCUT2D eigenvalue weighted by molar-refractivity contribution is 6.35. The number of benzene rings is 2. The van der Waals surface area contributed by atoms with Crippen molar-refractivity contribution in [2.75, 3.05) is 27.8 Å². The summed E-state index contributed by atoms with van der Waals surface area (Å²) in [6, 6.07) is 15.1. The highest BCUT2D eigenvalue weighted by Crippen LogP contribution is 2.36. The first kappa shape index (κ1) is 21.4. The van der Waals surface area contributed by atoms with Crippen LogP contribution < -0.4 is 9.47 Å². The van der Waals surface area contributed by atoms with Crippen LogP contribution in [-0.2, 0) is 16.1 Å². The summed E-state index contributed by atoms with van der Waals surface area (Å²) in [5.41, 5.74) is 2.48. The standard InChI is InChI=1S/C24H28N2O4/c1-16(2)14-26-23(27)21(18-11-12-19(29-4)20(13-18)30-5)22(24(26)28)25(3)15-17-9-7-6-8-10-17/h6-13,16H,14-15H2,1-5H3. The van der Waals surface area contributed by atoms with Crippen LogP contribution in [0.1, 0.15) is 25.0 Å². The van der Waals surface area contributed by atoms with Crippen LogP contribution in [0.25, 0.3) is 5.57 Å². The SMILES string of the molecule is COc1ccc(C2=C(N(C)Cc3ccccc3)C(=O)N(CC(C)C)C2=O)cc1OC. The number of ether oxygens (including phenoxy) is 2. The van der Waals surface area contributed by atoms with E-state index in [-0.39, 0.29) is 17.7 Å². The van der Waals surface area contributed by atoms with Gasteiger partial charge in [0.15, 0.2) is 11.5 Å². The summed E-state index contributed by atoms with van der Waals surface area (Å²) in [6.07, 6.45) is 0. The zero-order valence-corrected chi connectivity index (χ0v) is 18.1. The maximum atomic E-state index is 13.3. The Labute approximate surface area is 177 Å². The molecule has 158 valence electrons. The van der Waals surface area contributed by atoms with Crippen molar-refractivity contribution in [1.82, 2.24) is 9.80 Å². The lowest BCUT2D eigenvalue weighted by atomic mass is 10.0. The van der Waals surface area contributed by atoms with Crippen LogP contribution in [0.4, 0.5) is 0 Å². The molecule has 1 aliphatic heterocycles. The molecular weight excluding hydrogens is 380 g/mol. The number of likely N-dealkylation sites (N-methyl/N-ethyl adjacent to an activating group) is 1. The Morgan fingerprint density at radius 3 is 2.20 bits per heavy atom. The van der Waals surface area contributed by atoms with Gasteiger partial charge in [0, 0.05) is 20.1 Å². The van der Waals surface area contributed by atoms with Gasteiger partial charge in [-0.15, -0.1) is 0 Å². The lowest BCUT2D eigenvalue weighted by Gasteiger charge is -2.22. The molecule has 1 aliphatic rings. The van der Waals surface area contributed by atoms with E-state index in [4.69, 9.17) is 9.47 Å². The monoisotopic (exact) mass is 408 g/mol. The molecule has 0 bridgehead atoms. The molecule has 2 aromatic carbocycles. The molecule has 2 amide bonds. The maximum Gasteiger partial charge on any atom is 0.277 e. The zero-order valence-electron chi connectivity index (χ0n) is 18.1. The highest BCUT2D eigenvalue weighted by atomic mass is 16.5. The Morgan fingerprint density at radius 2 is 1.60 bits per heavy atom. The van der Waals surface area contributed by atoms with Crippen LogP contribution in [0.3, 0.4) is 0 Å². The molecule has 0 fully saturated rings. The zero-order chi connectivity index (χ0) is 21.8. The summed E-state index contributed by atoms with van der Waals surface area (Å²) in [7, 11) is 4.95. The minimum absolute atomic E-state index is 0.170. The van der Waals surface area contributed by atoms with Crippen molar-refractivity contribution in [2.24, 2.45) is 5.92 Å². The van der Waals surface area contributed by atoms with Gasteiger partial charge < -0.3 is 14.4 Å². The Hall–Kier alpha value is -3.28. The van der Waals surface area contributed by atoms with Gasteiger partial charge in [0.1, 0.15) is 5.70 Å². The number of imide groups is 1. The fourth-order valence-electron chi connectivity index (χ4n) is 3.64. The summed E-state index contributed by atoms with van der Waals surface area (Å²) < 4.78 is 10.7. The van der Waals surface area contributed by atoms with Crippen LogP contribution in [0.15, 0.2) is 54.2 Å². The van der Waals surface area contributed by atoms with Crippen LogP contribution in [0.5, 0.6) is 11.5 Å². The predicted octanol–water partition coefficient (Wildman–Crippen LogP) is 3.57. The molecule has 1 heterocycles. The minimum atomic E-state index is -0.282. The first-order valence-electron chi connectivity index (χ1n) is 9.95. The largest absolute Gasteiger partial charge is 0.493 e. The molecule has 0 aromatic heterocycles. The predicted molar refractivity (Wildman–Crippen MR) is 116 cm³/mol. The summed E-state index contributed by atoms with van der Waals surface area (Å²) >= 11 is 0.